The quantitative estimate of drug-likeness (QED) is 0.512. The molecule has 0 bridgehead atoms. The van der Waals surface area contributed by atoms with Gasteiger partial charge in [-0.25, -0.2) is 0 Å². The highest BCUT2D eigenvalue weighted by Crippen LogP contribution is 2.11. The molecule has 6 nitrogen and oxygen atoms in total. The molecule has 1 heterocycles. The zero-order chi connectivity index (χ0) is 17.6. The van der Waals surface area contributed by atoms with E-state index in [0.717, 1.165) is 38.3 Å². The Morgan fingerprint density at radius 3 is 2.60 bits per heavy atom. The molecule has 0 unspecified atom stereocenters. The summed E-state index contributed by atoms with van der Waals surface area (Å²) in [5.74, 6) is 0. The Balaban J connectivity index is 1.51. The van der Waals surface area contributed by atoms with Crippen molar-refractivity contribution in [2.75, 3.05) is 26.2 Å². The number of benzene rings is 2. The van der Waals surface area contributed by atoms with Crippen molar-refractivity contribution >= 4 is 11.9 Å². The van der Waals surface area contributed by atoms with Crippen LogP contribution in [0.25, 0.3) is 0 Å². The fourth-order valence-electron chi connectivity index (χ4n) is 2.96. The highest BCUT2D eigenvalue weighted by molar-refractivity contribution is 5.80. The van der Waals surface area contributed by atoms with Crippen LogP contribution in [-0.2, 0) is 6.54 Å². The number of nitrogens with one attached hydrogen (secondary N) is 1. The van der Waals surface area contributed by atoms with Crippen LogP contribution >= 0.6 is 0 Å². The van der Waals surface area contributed by atoms with Gasteiger partial charge < -0.3 is 4.90 Å². The monoisotopic (exact) mass is 339 g/mol. The highest BCUT2D eigenvalue weighted by atomic mass is 16.6. The van der Waals surface area contributed by atoms with E-state index in [2.05, 4.69) is 36.3 Å². The Labute approximate surface area is 147 Å². The van der Waals surface area contributed by atoms with Gasteiger partial charge in [0.25, 0.3) is 5.69 Å². The van der Waals surface area contributed by atoms with E-state index in [9.17, 15) is 10.1 Å². The van der Waals surface area contributed by atoms with Gasteiger partial charge in [0, 0.05) is 23.3 Å². The van der Waals surface area contributed by atoms with Gasteiger partial charge in [-0.3, -0.25) is 15.1 Å². The van der Waals surface area contributed by atoms with Crippen LogP contribution < -0.4 is 4.90 Å². The van der Waals surface area contributed by atoms with Gasteiger partial charge in [-0.1, -0.05) is 42.0 Å². The number of nitrogens with zero attached hydrogens (tertiary/aromatic N) is 3. The van der Waals surface area contributed by atoms with Crippen LogP contribution in [0.4, 0.5) is 5.69 Å². The summed E-state index contributed by atoms with van der Waals surface area (Å²) in [7, 11) is 0. The maximum absolute atomic E-state index is 10.8. The molecule has 1 N–H and O–H groups in total. The van der Waals surface area contributed by atoms with Crippen LogP contribution in [0.1, 0.15) is 16.7 Å². The first-order chi connectivity index (χ1) is 12.1. The van der Waals surface area contributed by atoms with Crippen molar-refractivity contribution < 1.29 is 9.82 Å². The Morgan fingerprint density at radius 1 is 1.20 bits per heavy atom. The molecular formula is C19H23N4O2+. The summed E-state index contributed by atoms with van der Waals surface area (Å²) in [6.45, 7) is 7.02. The summed E-state index contributed by atoms with van der Waals surface area (Å²) in [6.07, 6.45) is 1.71. The topological polar surface area (TPSA) is 63.2 Å². The van der Waals surface area contributed by atoms with Crippen molar-refractivity contribution in [3.8, 4) is 0 Å². The summed E-state index contributed by atoms with van der Waals surface area (Å²) in [5.41, 5.74) is 3.51. The lowest BCUT2D eigenvalue weighted by Gasteiger charge is -2.30. The zero-order valence-electron chi connectivity index (χ0n) is 14.4. The van der Waals surface area contributed by atoms with Gasteiger partial charge in [-0.05, 0) is 6.92 Å². The molecule has 25 heavy (non-hydrogen) atoms. The molecule has 0 aliphatic carbocycles. The Kier molecular flexibility index (Phi) is 5.40. The molecular weight excluding hydrogens is 316 g/mol. The van der Waals surface area contributed by atoms with Gasteiger partial charge >= 0.3 is 0 Å². The predicted octanol–water partition coefficient (Wildman–Crippen LogP) is 1.64. The Bertz CT molecular complexity index is 750. The van der Waals surface area contributed by atoms with E-state index in [0.29, 0.717) is 0 Å². The van der Waals surface area contributed by atoms with Crippen LogP contribution in [-0.4, -0.2) is 42.3 Å². The van der Waals surface area contributed by atoms with Gasteiger partial charge in [0.15, 0.2) is 0 Å². The van der Waals surface area contributed by atoms with Gasteiger partial charge in [0.05, 0.1) is 37.3 Å². The van der Waals surface area contributed by atoms with Crippen LogP contribution in [0, 0.1) is 17.0 Å². The van der Waals surface area contributed by atoms with Crippen LogP contribution in [0.2, 0.25) is 0 Å². The number of aryl methyl sites for hydroxylation is 1. The van der Waals surface area contributed by atoms with Crippen LogP contribution in [0.15, 0.2) is 53.6 Å². The second kappa shape index (κ2) is 7.90. The van der Waals surface area contributed by atoms with E-state index in [4.69, 9.17) is 0 Å². The van der Waals surface area contributed by atoms with E-state index >= 15 is 0 Å². The summed E-state index contributed by atoms with van der Waals surface area (Å²) >= 11 is 0. The third-order valence-electron chi connectivity index (χ3n) is 4.47. The molecule has 130 valence electrons. The first kappa shape index (κ1) is 17.1. The van der Waals surface area contributed by atoms with Gasteiger partial charge in [0.1, 0.15) is 6.54 Å². The Morgan fingerprint density at radius 2 is 1.92 bits per heavy atom. The van der Waals surface area contributed by atoms with Crippen molar-refractivity contribution in [2.24, 2.45) is 5.10 Å². The second-order valence-corrected chi connectivity index (χ2v) is 6.46. The van der Waals surface area contributed by atoms with Gasteiger partial charge in [-0.2, -0.15) is 5.10 Å². The molecule has 1 aliphatic rings. The fraction of sp³-hybridized carbons (Fsp3) is 0.316. The van der Waals surface area contributed by atoms with E-state index < -0.39 is 0 Å². The van der Waals surface area contributed by atoms with Gasteiger partial charge in [0.2, 0.25) is 0 Å². The molecule has 6 heteroatoms. The van der Waals surface area contributed by atoms with Crippen molar-refractivity contribution in [1.29, 1.82) is 0 Å². The largest absolute Gasteiger partial charge is 0.328 e. The average Bonchev–Trinajstić information content (AvgIpc) is 2.63. The first-order valence-corrected chi connectivity index (χ1v) is 8.53. The SMILES string of the molecule is Cc1ccc(C[NH+]2CCN(N=Cc3cccc([N+](=O)[O-])c3)CC2)cc1. The summed E-state index contributed by atoms with van der Waals surface area (Å²) in [6, 6.07) is 15.3. The lowest BCUT2D eigenvalue weighted by molar-refractivity contribution is -0.918. The zero-order valence-corrected chi connectivity index (χ0v) is 14.4. The summed E-state index contributed by atoms with van der Waals surface area (Å²) in [4.78, 5) is 12.0. The third kappa shape index (κ3) is 4.87. The number of non-ortho nitro benzene ring substituents is 1. The maximum Gasteiger partial charge on any atom is 0.270 e. The number of rotatable bonds is 5. The number of nitro groups is 1. The first-order valence-electron chi connectivity index (χ1n) is 8.53. The fourth-order valence-corrected chi connectivity index (χ4v) is 2.96. The smallest absolute Gasteiger partial charge is 0.270 e. The van der Waals surface area contributed by atoms with E-state index in [1.54, 1.807) is 23.2 Å². The molecule has 1 aliphatic heterocycles. The van der Waals surface area contributed by atoms with E-state index in [1.807, 2.05) is 11.1 Å². The van der Waals surface area contributed by atoms with Crippen LogP contribution in [0.3, 0.4) is 0 Å². The maximum atomic E-state index is 10.8. The van der Waals surface area contributed by atoms with Crippen molar-refractivity contribution in [1.82, 2.24) is 5.01 Å². The van der Waals surface area contributed by atoms with Crippen LogP contribution in [0.5, 0.6) is 0 Å². The minimum atomic E-state index is -0.384. The second-order valence-electron chi connectivity index (χ2n) is 6.46. The standard InChI is InChI=1S/C19H22N4O2/c1-16-5-7-17(8-6-16)15-21-9-11-22(12-10-21)20-14-18-3-2-4-19(13-18)23(24)25/h2-8,13-14H,9-12,15H2,1H3/p+1. The normalized spacial score (nSPS) is 15.6. The van der Waals surface area contributed by atoms with E-state index in [1.165, 1.54) is 17.2 Å². The molecule has 2 aromatic rings. The Hall–Kier alpha value is -2.73. The van der Waals surface area contributed by atoms with Crippen molar-refractivity contribution in [3.63, 3.8) is 0 Å². The molecule has 0 atom stereocenters. The minimum absolute atomic E-state index is 0.0938. The lowest BCUT2D eigenvalue weighted by atomic mass is 10.1. The molecule has 0 amide bonds. The van der Waals surface area contributed by atoms with Gasteiger partial charge in [-0.15, -0.1) is 0 Å². The number of nitro benzene ring substituents is 1. The van der Waals surface area contributed by atoms with Crippen molar-refractivity contribution in [3.05, 3.63) is 75.3 Å². The number of hydrazone groups is 1. The number of quaternary nitrogens is 1. The lowest BCUT2D eigenvalue weighted by Crippen LogP contribution is -3.13. The molecule has 3 rings (SSSR count). The average molecular weight is 339 g/mol. The van der Waals surface area contributed by atoms with E-state index in [-0.39, 0.29) is 10.6 Å². The summed E-state index contributed by atoms with van der Waals surface area (Å²) < 4.78 is 0. The summed E-state index contributed by atoms with van der Waals surface area (Å²) in [5, 5.41) is 17.3. The molecule has 0 aromatic heterocycles. The number of hydrogen-bond acceptors (Lipinski definition) is 4. The molecule has 0 radical (unpaired) electrons. The molecule has 1 saturated heterocycles. The third-order valence-corrected chi connectivity index (χ3v) is 4.47. The number of piperazine rings is 1. The predicted molar refractivity (Wildman–Crippen MR) is 97.8 cm³/mol. The minimum Gasteiger partial charge on any atom is -0.328 e. The van der Waals surface area contributed by atoms with Crippen molar-refractivity contribution in [2.45, 2.75) is 13.5 Å². The molecule has 0 spiro atoms. The molecule has 1 fully saturated rings. The molecule has 2 aromatic carbocycles. The molecule has 0 saturated carbocycles. The number of hydrogen-bond donors (Lipinski definition) is 1. The highest BCUT2D eigenvalue weighted by Gasteiger charge is 2.18.